The molecule has 0 spiro atoms. The van der Waals surface area contributed by atoms with E-state index in [2.05, 4.69) is 10.0 Å². The van der Waals surface area contributed by atoms with Crippen LogP contribution in [0.5, 0.6) is 0 Å². The molecule has 11 heteroatoms. The number of amides is 1. The normalized spacial score (nSPS) is 11.9. The number of carboxylic acid groups (broad SMARTS) is 1. The van der Waals surface area contributed by atoms with Gasteiger partial charge in [0.1, 0.15) is 0 Å². The van der Waals surface area contributed by atoms with E-state index in [1.54, 1.807) is 6.08 Å². The Morgan fingerprint density at radius 3 is 2.57 bits per heavy atom. The molecular weight excluding hydrogens is 448 g/mol. The average Bonchev–Trinajstić information content (AvgIpc) is 2.72. The molecule has 1 aromatic carbocycles. The number of carbonyl (C=O) groups is 3. The number of hydrogen-bond donors (Lipinski definition) is 3. The molecule has 30 heavy (non-hydrogen) atoms. The van der Waals surface area contributed by atoms with E-state index in [1.807, 2.05) is 13.8 Å². The first kappa shape index (κ1) is 26.2. The van der Waals surface area contributed by atoms with Gasteiger partial charge in [-0.2, -0.15) is 11.8 Å². The van der Waals surface area contributed by atoms with E-state index in [0.717, 1.165) is 11.8 Å². The predicted molar refractivity (Wildman–Crippen MR) is 120 cm³/mol. The van der Waals surface area contributed by atoms with Gasteiger partial charge in [-0.3, -0.25) is 9.59 Å². The van der Waals surface area contributed by atoms with Crippen LogP contribution in [0.1, 0.15) is 30.6 Å². The van der Waals surface area contributed by atoms with Crippen molar-refractivity contribution in [2.45, 2.75) is 25.2 Å². The molecule has 0 aliphatic carbocycles. The van der Waals surface area contributed by atoms with Crippen molar-refractivity contribution < 1.29 is 27.9 Å². The average molecular weight is 475 g/mol. The number of carbonyl (C=O) groups excluding carboxylic acids is 2. The number of rotatable bonds is 14. The lowest BCUT2D eigenvalue weighted by atomic mass is 10.2. The minimum Gasteiger partial charge on any atom is -0.478 e. The fourth-order valence-corrected chi connectivity index (χ4v) is 4.80. The van der Waals surface area contributed by atoms with Crippen LogP contribution in [-0.2, 0) is 19.6 Å². The molecule has 0 saturated heterocycles. The molecule has 0 saturated carbocycles. The second-order valence-electron chi connectivity index (χ2n) is 5.91. The van der Waals surface area contributed by atoms with Gasteiger partial charge < -0.3 is 10.4 Å². The van der Waals surface area contributed by atoms with Crippen LogP contribution in [0.2, 0.25) is 0 Å². The molecule has 0 heterocycles. The van der Waals surface area contributed by atoms with E-state index in [1.165, 1.54) is 41.7 Å². The van der Waals surface area contributed by atoms with E-state index in [0.29, 0.717) is 17.1 Å². The number of aromatic carboxylic acids is 1. The summed E-state index contributed by atoms with van der Waals surface area (Å²) in [4.78, 5) is 35.2. The van der Waals surface area contributed by atoms with Crippen molar-refractivity contribution in [1.29, 1.82) is 0 Å². The Kier molecular flexibility index (Phi) is 11.8. The number of sulfonamides is 1. The van der Waals surface area contributed by atoms with E-state index < -0.39 is 16.0 Å². The van der Waals surface area contributed by atoms with Gasteiger partial charge in [-0.15, -0.1) is 11.8 Å². The van der Waals surface area contributed by atoms with Crippen LogP contribution in [0.3, 0.4) is 0 Å². The summed E-state index contributed by atoms with van der Waals surface area (Å²) >= 11 is 2.67. The molecular formula is C19H26N2O6S3. The van der Waals surface area contributed by atoms with Gasteiger partial charge in [0.2, 0.25) is 10.0 Å². The highest BCUT2D eigenvalue weighted by molar-refractivity contribution is 8.04. The Bertz CT molecular complexity index is 884. The molecule has 0 aliphatic heterocycles. The van der Waals surface area contributed by atoms with Crippen LogP contribution in [0, 0.1) is 0 Å². The molecule has 0 aromatic heterocycles. The first-order valence-corrected chi connectivity index (χ1v) is 12.9. The van der Waals surface area contributed by atoms with Gasteiger partial charge in [0, 0.05) is 12.3 Å². The van der Waals surface area contributed by atoms with Crippen molar-refractivity contribution in [2.75, 3.05) is 30.3 Å². The summed E-state index contributed by atoms with van der Waals surface area (Å²) in [6.07, 6.45) is 2.33. The second-order valence-corrected chi connectivity index (χ2v) is 10.1. The summed E-state index contributed by atoms with van der Waals surface area (Å²) in [7, 11) is -3.87. The highest BCUT2D eigenvalue weighted by Crippen LogP contribution is 2.17. The molecule has 1 aromatic rings. The highest BCUT2D eigenvalue weighted by atomic mass is 32.2. The Morgan fingerprint density at radius 2 is 1.93 bits per heavy atom. The summed E-state index contributed by atoms with van der Waals surface area (Å²) in [6.45, 7) is 3.83. The molecule has 0 radical (unpaired) electrons. The number of carboxylic acids is 1. The quantitative estimate of drug-likeness (QED) is 0.276. The van der Waals surface area contributed by atoms with Crippen LogP contribution >= 0.6 is 23.5 Å². The van der Waals surface area contributed by atoms with Crippen LogP contribution in [0.15, 0.2) is 40.1 Å². The summed E-state index contributed by atoms with van der Waals surface area (Å²) in [5, 5.41) is 11.6. The topological polar surface area (TPSA) is 130 Å². The third-order valence-electron chi connectivity index (χ3n) is 3.57. The van der Waals surface area contributed by atoms with Gasteiger partial charge in [0.15, 0.2) is 5.78 Å². The first-order chi connectivity index (χ1) is 14.2. The van der Waals surface area contributed by atoms with E-state index in [-0.39, 0.29) is 41.0 Å². The highest BCUT2D eigenvalue weighted by Gasteiger charge is 2.16. The van der Waals surface area contributed by atoms with Crippen molar-refractivity contribution in [3.63, 3.8) is 0 Å². The van der Waals surface area contributed by atoms with Gasteiger partial charge in [0.05, 0.1) is 27.7 Å². The molecule has 166 valence electrons. The van der Waals surface area contributed by atoms with Crippen LogP contribution in [0.25, 0.3) is 0 Å². The van der Waals surface area contributed by atoms with Crippen molar-refractivity contribution in [3.05, 3.63) is 40.8 Å². The maximum Gasteiger partial charge on any atom is 0.335 e. The molecule has 1 amide bonds. The zero-order valence-corrected chi connectivity index (χ0v) is 19.3. The monoisotopic (exact) mass is 474 g/mol. The van der Waals surface area contributed by atoms with E-state index in [9.17, 15) is 22.8 Å². The molecule has 0 unspecified atom stereocenters. The Balaban J connectivity index is 2.57. The number of thioether (sulfide) groups is 2. The largest absolute Gasteiger partial charge is 0.478 e. The number of benzene rings is 1. The fourth-order valence-electron chi connectivity index (χ4n) is 2.15. The van der Waals surface area contributed by atoms with E-state index in [4.69, 9.17) is 5.11 Å². The van der Waals surface area contributed by atoms with Gasteiger partial charge in [-0.1, -0.05) is 26.0 Å². The minimum absolute atomic E-state index is 0.0417. The Labute approximate surface area is 185 Å². The standard InChI is InChI=1S/C19H26N2O6S3/c1-3-6-17(18(23)20-12-15(22)13-28-4-2)29-10-9-21-30(26,27)16-8-5-7-14(11-16)19(24)25/h5-8,11,21H,3-4,9-10,12-13H2,1-2H3,(H,20,23)(H,24,25)/b17-6-. The minimum atomic E-state index is -3.87. The first-order valence-electron chi connectivity index (χ1n) is 9.24. The van der Waals surface area contributed by atoms with Gasteiger partial charge >= 0.3 is 5.97 Å². The van der Waals surface area contributed by atoms with Crippen molar-refractivity contribution in [3.8, 4) is 0 Å². The lowest BCUT2D eigenvalue weighted by Crippen LogP contribution is -2.31. The smallest absolute Gasteiger partial charge is 0.335 e. The second kappa shape index (κ2) is 13.5. The van der Waals surface area contributed by atoms with Crippen LogP contribution in [-0.4, -0.2) is 61.5 Å². The van der Waals surface area contributed by atoms with Crippen molar-refractivity contribution in [2.24, 2.45) is 0 Å². The summed E-state index contributed by atoms with van der Waals surface area (Å²) < 4.78 is 27.1. The number of hydrogen-bond acceptors (Lipinski definition) is 7. The van der Waals surface area contributed by atoms with Crippen LogP contribution in [0.4, 0.5) is 0 Å². The number of allylic oxidation sites excluding steroid dienone is 1. The summed E-state index contributed by atoms with van der Waals surface area (Å²) in [5.41, 5.74) is -0.121. The summed E-state index contributed by atoms with van der Waals surface area (Å²) in [6, 6.07) is 5.07. The maximum atomic E-state index is 12.3. The lowest BCUT2D eigenvalue weighted by molar-refractivity contribution is -0.121. The number of Topliss-reactive ketones (excluding diaryl/α,β-unsaturated/α-hetero) is 1. The number of nitrogens with one attached hydrogen (secondary N) is 2. The molecule has 1 rings (SSSR count). The molecule has 3 N–H and O–H groups in total. The third-order valence-corrected chi connectivity index (χ3v) is 7.03. The molecule has 0 atom stereocenters. The van der Waals surface area contributed by atoms with Gasteiger partial charge in [-0.25, -0.2) is 17.9 Å². The van der Waals surface area contributed by atoms with E-state index >= 15 is 0 Å². The van der Waals surface area contributed by atoms with Crippen LogP contribution < -0.4 is 10.0 Å². The zero-order valence-electron chi connectivity index (χ0n) is 16.8. The predicted octanol–water partition coefficient (Wildman–Crippen LogP) is 2.13. The molecule has 0 bridgehead atoms. The fraction of sp³-hybridized carbons (Fsp3) is 0.421. The molecule has 8 nitrogen and oxygen atoms in total. The summed E-state index contributed by atoms with van der Waals surface area (Å²) in [5.74, 6) is -0.179. The number of ketones is 1. The third kappa shape index (κ3) is 9.33. The Hall–Kier alpha value is -1.82. The van der Waals surface area contributed by atoms with Crippen molar-refractivity contribution in [1.82, 2.24) is 10.0 Å². The SMILES string of the molecule is CC/C=C(\SCCNS(=O)(=O)c1cccc(C(=O)O)c1)C(=O)NCC(=O)CSCC. The molecule has 0 fully saturated rings. The lowest BCUT2D eigenvalue weighted by Gasteiger charge is -2.10. The van der Waals surface area contributed by atoms with Crippen molar-refractivity contribution >= 4 is 51.2 Å². The maximum absolute atomic E-state index is 12.3. The van der Waals surface area contributed by atoms with Gasteiger partial charge in [-0.05, 0) is 30.4 Å². The Morgan fingerprint density at radius 1 is 1.20 bits per heavy atom. The zero-order chi connectivity index (χ0) is 22.6. The molecule has 0 aliphatic rings. The van der Waals surface area contributed by atoms with Gasteiger partial charge in [0.25, 0.3) is 5.91 Å².